The van der Waals surface area contributed by atoms with E-state index in [1.165, 1.54) is 30.6 Å². The minimum atomic E-state index is 0.334. The van der Waals surface area contributed by atoms with E-state index in [1.807, 2.05) is 6.07 Å². The van der Waals surface area contributed by atoms with Crippen molar-refractivity contribution in [1.29, 1.82) is 0 Å². The Labute approximate surface area is 161 Å². The molecule has 6 nitrogen and oxygen atoms in total. The Hall–Kier alpha value is -2.18. The summed E-state index contributed by atoms with van der Waals surface area (Å²) >= 11 is 0. The number of nitrogens with zero attached hydrogens (tertiary/aromatic N) is 3. The van der Waals surface area contributed by atoms with Gasteiger partial charge in [0.15, 0.2) is 0 Å². The van der Waals surface area contributed by atoms with Crippen LogP contribution in [0.2, 0.25) is 0 Å². The van der Waals surface area contributed by atoms with Gasteiger partial charge in [-0.2, -0.15) is 4.98 Å². The third-order valence-corrected chi connectivity index (χ3v) is 5.44. The molecule has 1 aromatic heterocycles. The van der Waals surface area contributed by atoms with Gasteiger partial charge >= 0.3 is 0 Å². The van der Waals surface area contributed by atoms with E-state index in [-0.39, 0.29) is 0 Å². The molecule has 2 atom stereocenters. The fraction of sp³-hybridized carbons (Fsp3) is 0.524. The molecule has 3 aliphatic heterocycles. The van der Waals surface area contributed by atoms with Gasteiger partial charge in [0.1, 0.15) is 5.82 Å². The summed E-state index contributed by atoms with van der Waals surface area (Å²) < 4.78 is 0. The van der Waals surface area contributed by atoms with E-state index in [9.17, 15) is 0 Å². The number of piperidine rings is 1. The molecule has 6 heteroatoms. The van der Waals surface area contributed by atoms with Gasteiger partial charge in [-0.3, -0.25) is 4.90 Å². The zero-order valence-electron chi connectivity index (χ0n) is 16.1. The van der Waals surface area contributed by atoms with Crippen molar-refractivity contribution >= 4 is 11.8 Å². The molecule has 144 valence electrons. The Morgan fingerprint density at radius 2 is 1.85 bits per heavy atom. The topological polar surface area (TPSA) is 79.1 Å². The predicted octanol–water partition coefficient (Wildman–Crippen LogP) is 2.41. The molecule has 5 rings (SSSR count). The van der Waals surface area contributed by atoms with Crippen molar-refractivity contribution in [2.75, 3.05) is 30.7 Å². The second kappa shape index (κ2) is 8.23. The van der Waals surface area contributed by atoms with Crippen LogP contribution in [0.25, 0.3) is 0 Å². The predicted molar refractivity (Wildman–Crippen MR) is 110 cm³/mol. The molecule has 2 bridgehead atoms. The molecular weight excluding hydrogens is 336 g/mol. The third kappa shape index (κ3) is 4.76. The first-order chi connectivity index (χ1) is 13.2. The maximum atomic E-state index is 5.89. The van der Waals surface area contributed by atoms with Crippen LogP contribution in [-0.2, 0) is 13.0 Å². The molecule has 27 heavy (non-hydrogen) atoms. The summed E-state index contributed by atoms with van der Waals surface area (Å²) in [6.45, 7) is 6.48. The molecule has 4 heterocycles. The molecule has 0 radical (unpaired) electrons. The van der Waals surface area contributed by atoms with Gasteiger partial charge in [0.2, 0.25) is 5.95 Å². The van der Waals surface area contributed by atoms with Crippen LogP contribution in [0, 0.1) is 0 Å². The monoisotopic (exact) mass is 366 g/mol. The molecule has 3 saturated heterocycles. The third-order valence-electron chi connectivity index (χ3n) is 5.44. The average Bonchev–Trinajstić information content (AvgIpc) is 2.63. The molecule has 3 aliphatic rings. The SMILES string of the molecule is CCCCNc1cc(Cc2ccc(CN3CC4CC(C3)N4)cc2)nc(N)n1. The fourth-order valence-corrected chi connectivity index (χ4v) is 4.06. The van der Waals surface area contributed by atoms with Gasteiger partial charge in [0.05, 0.1) is 5.69 Å². The molecule has 2 aromatic rings. The van der Waals surface area contributed by atoms with E-state index in [0.29, 0.717) is 18.0 Å². The maximum absolute atomic E-state index is 5.89. The van der Waals surface area contributed by atoms with Crippen LogP contribution in [0.15, 0.2) is 30.3 Å². The quantitative estimate of drug-likeness (QED) is 0.623. The van der Waals surface area contributed by atoms with Crippen molar-refractivity contribution < 1.29 is 0 Å². The van der Waals surface area contributed by atoms with Crippen molar-refractivity contribution in [3.63, 3.8) is 0 Å². The Bertz CT molecular complexity index is 744. The highest BCUT2D eigenvalue weighted by Gasteiger charge is 2.35. The number of fused-ring (bicyclic) bond motifs is 2. The summed E-state index contributed by atoms with van der Waals surface area (Å²) in [6, 6.07) is 12.3. The molecule has 0 aliphatic carbocycles. The number of rotatable bonds is 8. The maximum Gasteiger partial charge on any atom is 0.222 e. The zero-order valence-corrected chi connectivity index (χ0v) is 16.1. The van der Waals surface area contributed by atoms with E-state index < -0.39 is 0 Å². The Morgan fingerprint density at radius 3 is 2.56 bits per heavy atom. The van der Waals surface area contributed by atoms with E-state index in [4.69, 9.17) is 5.73 Å². The summed E-state index contributed by atoms with van der Waals surface area (Å²) in [5.74, 6) is 1.15. The zero-order chi connectivity index (χ0) is 18.6. The number of aromatic nitrogens is 2. The van der Waals surface area contributed by atoms with Gasteiger partial charge in [-0.25, -0.2) is 4.98 Å². The van der Waals surface area contributed by atoms with Gasteiger partial charge in [0, 0.05) is 50.7 Å². The van der Waals surface area contributed by atoms with Crippen molar-refractivity contribution in [1.82, 2.24) is 20.2 Å². The molecule has 4 N–H and O–H groups in total. The number of piperazine rings is 1. The van der Waals surface area contributed by atoms with Crippen LogP contribution in [0.5, 0.6) is 0 Å². The number of hydrogen-bond acceptors (Lipinski definition) is 6. The van der Waals surface area contributed by atoms with Crippen LogP contribution in [-0.4, -0.2) is 46.6 Å². The first-order valence-electron chi connectivity index (χ1n) is 10.1. The van der Waals surface area contributed by atoms with Crippen LogP contribution in [0.4, 0.5) is 11.8 Å². The van der Waals surface area contributed by atoms with Crippen LogP contribution < -0.4 is 16.4 Å². The number of hydrogen-bond donors (Lipinski definition) is 3. The molecular formula is C21H30N6. The highest BCUT2D eigenvalue weighted by molar-refractivity contribution is 5.41. The lowest BCUT2D eigenvalue weighted by molar-refractivity contribution is 0.0726. The first kappa shape index (κ1) is 18.2. The van der Waals surface area contributed by atoms with E-state index in [2.05, 4.69) is 56.7 Å². The largest absolute Gasteiger partial charge is 0.370 e. The van der Waals surface area contributed by atoms with Crippen LogP contribution >= 0.6 is 0 Å². The highest BCUT2D eigenvalue weighted by atomic mass is 15.3. The van der Waals surface area contributed by atoms with Crippen LogP contribution in [0.1, 0.15) is 43.0 Å². The lowest BCUT2D eigenvalue weighted by atomic mass is 9.91. The number of nitrogens with one attached hydrogen (secondary N) is 2. The van der Waals surface area contributed by atoms with Gasteiger partial charge in [-0.15, -0.1) is 0 Å². The number of benzene rings is 1. The number of nitrogen functional groups attached to an aromatic ring is 1. The number of anilines is 2. The van der Waals surface area contributed by atoms with Gasteiger partial charge in [0.25, 0.3) is 0 Å². The van der Waals surface area contributed by atoms with E-state index in [1.54, 1.807) is 0 Å². The Balaban J connectivity index is 1.35. The number of unbranched alkanes of at least 4 members (excludes halogenated alkanes) is 1. The summed E-state index contributed by atoms with van der Waals surface area (Å²) in [5.41, 5.74) is 9.47. The summed E-state index contributed by atoms with van der Waals surface area (Å²) in [6.07, 6.45) is 4.40. The Kier molecular flexibility index (Phi) is 5.55. The fourth-order valence-electron chi connectivity index (χ4n) is 4.06. The standard InChI is InChI=1S/C21H30N6/c1-2-3-8-23-20-11-17(25-21(22)26-20)9-15-4-6-16(7-5-15)12-27-13-18-10-19(14-27)24-18/h4-7,11,18-19,24H,2-3,8-10,12-14H2,1H3,(H3,22,23,25,26). The molecule has 3 fully saturated rings. The molecule has 0 spiro atoms. The van der Waals surface area contributed by atoms with Crippen LogP contribution in [0.3, 0.4) is 0 Å². The second-order valence-corrected chi connectivity index (χ2v) is 7.87. The normalized spacial score (nSPS) is 21.7. The summed E-state index contributed by atoms with van der Waals surface area (Å²) in [4.78, 5) is 11.2. The van der Waals surface area contributed by atoms with E-state index >= 15 is 0 Å². The Morgan fingerprint density at radius 1 is 1.15 bits per heavy atom. The molecule has 0 amide bonds. The highest BCUT2D eigenvalue weighted by Crippen LogP contribution is 2.22. The lowest BCUT2D eigenvalue weighted by Crippen LogP contribution is -2.66. The average molecular weight is 367 g/mol. The van der Waals surface area contributed by atoms with Crippen molar-refractivity contribution in [2.45, 2.75) is 51.2 Å². The summed E-state index contributed by atoms with van der Waals surface area (Å²) in [7, 11) is 0. The van der Waals surface area contributed by atoms with Crippen molar-refractivity contribution in [3.8, 4) is 0 Å². The van der Waals surface area contributed by atoms with Crippen molar-refractivity contribution in [2.24, 2.45) is 0 Å². The minimum absolute atomic E-state index is 0.334. The van der Waals surface area contributed by atoms with E-state index in [0.717, 1.165) is 43.9 Å². The molecule has 0 saturated carbocycles. The molecule has 1 aromatic carbocycles. The molecule has 2 unspecified atom stereocenters. The van der Waals surface area contributed by atoms with Gasteiger partial charge in [-0.05, 0) is 24.0 Å². The lowest BCUT2D eigenvalue weighted by Gasteiger charge is -2.48. The van der Waals surface area contributed by atoms with Crippen molar-refractivity contribution in [3.05, 3.63) is 47.2 Å². The number of nitrogens with two attached hydrogens (primary N) is 1. The minimum Gasteiger partial charge on any atom is -0.370 e. The second-order valence-electron chi connectivity index (χ2n) is 7.87. The summed E-state index contributed by atoms with van der Waals surface area (Å²) in [5, 5.41) is 6.92. The van der Waals surface area contributed by atoms with Gasteiger partial charge in [-0.1, -0.05) is 37.6 Å². The first-order valence-corrected chi connectivity index (χ1v) is 10.1. The van der Waals surface area contributed by atoms with Gasteiger partial charge < -0.3 is 16.4 Å². The smallest absolute Gasteiger partial charge is 0.222 e.